The summed E-state index contributed by atoms with van der Waals surface area (Å²) in [5.74, 6) is 0.991. The van der Waals surface area contributed by atoms with Gasteiger partial charge < -0.3 is 19.8 Å². The van der Waals surface area contributed by atoms with Crippen molar-refractivity contribution in [2.24, 2.45) is 0 Å². The van der Waals surface area contributed by atoms with E-state index in [-0.39, 0.29) is 17.2 Å². The summed E-state index contributed by atoms with van der Waals surface area (Å²) in [6.45, 7) is 1.94. The van der Waals surface area contributed by atoms with E-state index in [0.29, 0.717) is 39.1 Å². The number of carbonyl (C=O) groups excluding carboxylic acids is 1. The van der Waals surface area contributed by atoms with Gasteiger partial charge in [0.15, 0.2) is 5.16 Å². The number of carbonyl (C=O) groups is 1. The fourth-order valence-electron chi connectivity index (χ4n) is 4.05. The van der Waals surface area contributed by atoms with E-state index in [1.165, 1.54) is 16.3 Å². The highest BCUT2D eigenvalue weighted by Gasteiger charge is 2.20. The van der Waals surface area contributed by atoms with E-state index >= 15 is 0 Å². The zero-order chi connectivity index (χ0) is 25.2. The average Bonchev–Trinajstić information content (AvgIpc) is 3.27. The van der Waals surface area contributed by atoms with Crippen LogP contribution < -0.4 is 20.3 Å². The van der Waals surface area contributed by atoms with Gasteiger partial charge in [0.2, 0.25) is 5.91 Å². The van der Waals surface area contributed by atoms with E-state index < -0.39 is 0 Å². The summed E-state index contributed by atoms with van der Waals surface area (Å²) in [6, 6.07) is 20.4. The summed E-state index contributed by atoms with van der Waals surface area (Å²) in [5.41, 5.74) is 3.65. The van der Waals surface area contributed by atoms with E-state index in [2.05, 4.69) is 10.3 Å². The van der Waals surface area contributed by atoms with E-state index in [0.717, 1.165) is 16.5 Å². The molecule has 1 amide bonds. The molecule has 2 aromatic heterocycles. The monoisotopic (exact) mass is 500 g/mol. The van der Waals surface area contributed by atoms with E-state index in [1.54, 1.807) is 38.5 Å². The molecule has 5 rings (SSSR count). The van der Waals surface area contributed by atoms with Gasteiger partial charge in [-0.15, -0.1) is 0 Å². The topological polar surface area (TPSA) is 98.2 Å². The van der Waals surface area contributed by atoms with Gasteiger partial charge in [-0.2, -0.15) is 0 Å². The van der Waals surface area contributed by atoms with Gasteiger partial charge in [0.05, 0.1) is 25.7 Å². The van der Waals surface area contributed by atoms with Crippen LogP contribution in [0, 0.1) is 6.92 Å². The second-order valence-electron chi connectivity index (χ2n) is 8.17. The van der Waals surface area contributed by atoms with Gasteiger partial charge in [0.25, 0.3) is 5.56 Å². The molecule has 2 heterocycles. The van der Waals surface area contributed by atoms with E-state index in [1.807, 2.05) is 49.4 Å². The van der Waals surface area contributed by atoms with Crippen LogP contribution >= 0.6 is 11.8 Å². The van der Waals surface area contributed by atoms with Crippen molar-refractivity contribution in [1.29, 1.82) is 0 Å². The highest BCUT2D eigenvalue weighted by Crippen LogP contribution is 2.30. The first kappa shape index (κ1) is 23.5. The minimum Gasteiger partial charge on any atom is -0.497 e. The molecule has 36 heavy (non-hydrogen) atoms. The minimum absolute atomic E-state index is 0.0473. The highest BCUT2D eigenvalue weighted by molar-refractivity contribution is 7.99. The van der Waals surface area contributed by atoms with Crippen LogP contribution in [-0.2, 0) is 4.79 Å². The summed E-state index contributed by atoms with van der Waals surface area (Å²) in [6.07, 6.45) is 0. The number of nitrogens with one attached hydrogen (secondary N) is 2. The minimum atomic E-state index is -0.268. The molecule has 0 aliphatic heterocycles. The number of benzene rings is 3. The number of fused-ring (bicyclic) bond motifs is 3. The molecular formula is C27H24N4O4S. The fourth-order valence-corrected chi connectivity index (χ4v) is 4.85. The Kier molecular flexibility index (Phi) is 6.39. The van der Waals surface area contributed by atoms with Gasteiger partial charge in [-0.1, -0.05) is 42.1 Å². The predicted octanol–water partition coefficient (Wildman–Crippen LogP) is 4.92. The first-order valence-corrected chi connectivity index (χ1v) is 12.2. The van der Waals surface area contributed by atoms with Crippen LogP contribution in [0.25, 0.3) is 27.6 Å². The maximum Gasteiger partial charge on any atom is 0.283 e. The lowest BCUT2D eigenvalue weighted by atomic mass is 10.2. The molecule has 0 radical (unpaired) electrons. The number of methoxy groups -OCH3 is 2. The van der Waals surface area contributed by atoms with Crippen molar-refractivity contribution < 1.29 is 14.3 Å². The number of thioether (sulfide) groups is 1. The Balaban J connectivity index is 1.59. The summed E-state index contributed by atoms with van der Waals surface area (Å²) in [7, 11) is 3.13. The number of aromatic nitrogens is 3. The van der Waals surface area contributed by atoms with Crippen molar-refractivity contribution in [1.82, 2.24) is 14.5 Å². The number of ether oxygens (including phenoxy) is 2. The molecule has 0 fully saturated rings. The number of amides is 1. The van der Waals surface area contributed by atoms with Crippen molar-refractivity contribution in [3.63, 3.8) is 0 Å². The molecule has 5 aromatic rings. The number of rotatable bonds is 7. The number of hydrogen-bond donors (Lipinski definition) is 2. The van der Waals surface area contributed by atoms with Crippen LogP contribution in [0.15, 0.2) is 76.7 Å². The summed E-state index contributed by atoms with van der Waals surface area (Å²) >= 11 is 1.18. The van der Waals surface area contributed by atoms with Crippen molar-refractivity contribution in [2.75, 3.05) is 25.3 Å². The average molecular weight is 501 g/mol. The standard InChI is InChI=1S/C27H24N4O4S/c1-16-11-12-22(35-3)21(13-16)31-26(33)25-24(19-9-4-5-10-20(19)29-25)30-27(31)36-15-23(32)28-17-7-6-8-18(14-17)34-2/h4-14,29H,15H2,1-3H3,(H,28,32). The Hall–Kier alpha value is -4.24. The maximum atomic E-state index is 13.8. The molecule has 0 saturated heterocycles. The number of aryl methyl sites for hydroxylation is 1. The van der Waals surface area contributed by atoms with E-state index in [9.17, 15) is 9.59 Å². The molecule has 9 heteroatoms. The largest absolute Gasteiger partial charge is 0.497 e. The number of hydrogen-bond acceptors (Lipinski definition) is 6. The molecule has 0 bridgehead atoms. The lowest BCUT2D eigenvalue weighted by Crippen LogP contribution is -2.23. The normalized spacial score (nSPS) is 11.1. The van der Waals surface area contributed by atoms with Gasteiger partial charge in [0.1, 0.15) is 22.5 Å². The molecule has 0 atom stereocenters. The first-order chi connectivity index (χ1) is 17.5. The lowest BCUT2D eigenvalue weighted by Gasteiger charge is -2.15. The van der Waals surface area contributed by atoms with Crippen LogP contribution in [0.4, 0.5) is 5.69 Å². The Labute approximate surface area is 211 Å². The maximum absolute atomic E-state index is 13.8. The van der Waals surface area contributed by atoms with Gasteiger partial charge >= 0.3 is 0 Å². The van der Waals surface area contributed by atoms with Crippen molar-refractivity contribution in [3.05, 3.63) is 82.6 Å². The number of aromatic amines is 1. The molecular weight excluding hydrogens is 476 g/mol. The van der Waals surface area contributed by atoms with Gasteiger partial charge in [0, 0.05) is 22.7 Å². The molecule has 182 valence electrons. The highest BCUT2D eigenvalue weighted by atomic mass is 32.2. The quantitative estimate of drug-likeness (QED) is 0.243. The second-order valence-corrected chi connectivity index (χ2v) is 9.12. The van der Waals surface area contributed by atoms with Crippen LogP contribution in [0.1, 0.15) is 5.56 Å². The summed E-state index contributed by atoms with van der Waals surface area (Å²) in [5, 5.41) is 4.10. The second kappa shape index (κ2) is 9.79. The molecule has 0 aliphatic rings. The molecule has 0 unspecified atom stereocenters. The molecule has 0 saturated carbocycles. The first-order valence-electron chi connectivity index (χ1n) is 11.2. The molecule has 3 aromatic carbocycles. The zero-order valence-corrected chi connectivity index (χ0v) is 20.8. The third kappa shape index (κ3) is 4.40. The number of anilines is 1. The zero-order valence-electron chi connectivity index (χ0n) is 20.0. The third-order valence-electron chi connectivity index (χ3n) is 5.76. The third-order valence-corrected chi connectivity index (χ3v) is 6.69. The van der Waals surface area contributed by atoms with Crippen molar-refractivity contribution in [2.45, 2.75) is 12.1 Å². The van der Waals surface area contributed by atoms with Gasteiger partial charge in [-0.3, -0.25) is 9.59 Å². The molecule has 0 spiro atoms. The lowest BCUT2D eigenvalue weighted by molar-refractivity contribution is -0.113. The molecule has 2 N–H and O–H groups in total. The van der Waals surface area contributed by atoms with Crippen LogP contribution in [0.2, 0.25) is 0 Å². The molecule has 0 aliphatic carbocycles. The van der Waals surface area contributed by atoms with Gasteiger partial charge in [-0.25, -0.2) is 9.55 Å². The van der Waals surface area contributed by atoms with E-state index in [4.69, 9.17) is 14.5 Å². The number of H-pyrrole nitrogens is 1. The summed E-state index contributed by atoms with van der Waals surface area (Å²) in [4.78, 5) is 34.7. The fraction of sp³-hybridized carbons (Fsp3) is 0.148. The van der Waals surface area contributed by atoms with Crippen LogP contribution in [0.3, 0.4) is 0 Å². The smallest absolute Gasteiger partial charge is 0.283 e. The number of nitrogens with zero attached hydrogens (tertiary/aromatic N) is 2. The van der Waals surface area contributed by atoms with Crippen LogP contribution in [0.5, 0.6) is 11.5 Å². The number of para-hydroxylation sites is 1. The SMILES string of the molecule is COc1cccc(NC(=O)CSc2nc3c([nH]c4ccccc43)c(=O)n2-c2cc(C)ccc2OC)c1. The predicted molar refractivity (Wildman–Crippen MR) is 143 cm³/mol. The Morgan fingerprint density at radius 3 is 2.69 bits per heavy atom. The summed E-state index contributed by atoms with van der Waals surface area (Å²) < 4.78 is 12.3. The molecule has 8 nitrogen and oxygen atoms in total. The van der Waals surface area contributed by atoms with Crippen molar-refractivity contribution >= 4 is 45.3 Å². The van der Waals surface area contributed by atoms with Gasteiger partial charge in [-0.05, 0) is 42.8 Å². The Bertz CT molecular complexity index is 1660. The Morgan fingerprint density at radius 1 is 1.06 bits per heavy atom. The van der Waals surface area contributed by atoms with Crippen LogP contribution in [-0.4, -0.2) is 40.4 Å². The van der Waals surface area contributed by atoms with Crippen molar-refractivity contribution in [3.8, 4) is 17.2 Å². The Morgan fingerprint density at radius 2 is 1.89 bits per heavy atom.